The number of hydrogen-bond acceptors (Lipinski definition) is 7. The number of nitrogens with zero attached hydrogens (tertiary/aromatic N) is 5. The lowest BCUT2D eigenvalue weighted by Gasteiger charge is -2.09. The second kappa shape index (κ2) is 7.71. The van der Waals surface area contributed by atoms with E-state index in [0.717, 1.165) is 22.5 Å². The number of aromatic nitrogens is 5. The number of nitrogens with one attached hydrogen (secondary N) is 1. The molecule has 0 aliphatic rings. The standard InChI is InChI=1S/C20H20N6O2/c1-13(27)15-6-4-7-16(10-15)22-20-21-11-18-19(23-20)26(25-24-18)17-8-3-5-14(9-17)12-28-2/h3-11,13,27H,12H2,1-2H3,(H,21,22,23). The molecule has 0 radical (unpaired) electrons. The first-order valence-corrected chi connectivity index (χ1v) is 8.86. The number of fused-ring (bicyclic) bond motifs is 1. The molecule has 1 unspecified atom stereocenters. The molecule has 28 heavy (non-hydrogen) atoms. The fourth-order valence-corrected chi connectivity index (χ4v) is 2.91. The van der Waals surface area contributed by atoms with Gasteiger partial charge in [0.15, 0.2) is 11.2 Å². The summed E-state index contributed by atoms with van der Waals surface area (Å²) < 4.78 is 6.88. The zero-order chi connectivity index (χ0) is 19.5. The zero-order valence-corrected chi connectivity index (χ0v) is 15.6. The third-order valence-electron chi connectivity index (χ3n) is 4.28. The van der Waals surface area contributed by atoms with Gasteiger partial charge in [0.2, 0.25) is 5.95 Å². The summed E-state index contributed by atoms with van der Waals surface area (Å²) in [6.07, 6.45) is 1.08. The van der Waals surface area contributed by atoms with E-state index in [0.29, 0.717) is 23.7 Å². The number of benzene rings is 2. The van der Waals surface area contributed by atoms with Crippen LogP contribution in [0, 0.1) is 0 Å². The summed E-state index contributed by atoms with van der Waals surface area (Å²) >= 11 is 0. The molecule has 142 valence electrons. The van der Waals surface area contributed by atoms with Gasteiger partial charge >= 0.3 is 0 Å². The average molecular weight is 376 g/mol. The maximum absolute atomic E-state index is 9.76. The van der Waals surface area contributed by atoms with Crippen molar-refractivity contribution < 1.29 is 9.84 Å². The van der Waals surface area contributed by atoms with Crippen molar-refractivity contribution in [2.24, 2.45) is 0 Å². The molecule has 0 saturated heterocycles. The summed E-state index contributed by atoms with van der Waals surface area (Å²) in [6, 6.07) is 15.4. The van der Waals surface area contributed by atoms with Crippen molar-refractivity contribution in [3.8, 4) is 5.69 Å². The molecule has 2 aromatic carbocycles. The Morgan fingerprint density at radius 1 is 1.18 bits per heavy atom. The first-order chi connectivity index (χ1) is 13.6. The predicted octanol–water partition coefficient (Wildman–Crippen LogP) is 3.15. The fraction of sp³-hybridized carbons (Fsp3) is 0.200. The largest absolute Gasteiger partial charge is 0.389 e. The minimum absolute atomic E-state index is 0.423. The highest BCUT2D eigenvalue weighted by Gasteiger charge is 2.11. The highest BCUT2D eigenvalue weighted by molar-refractivity contribution is 5.72. The Labute approximate surface area is 161 Å². The Balaban J connectivity index is 1.68. The quantitative estimate of drug-likeness (QED) is 0.533. The van der Waals surface area contributed by atoms with E-state index in [1.807, 2.05) is 48.5 Å². The van der Waals surface area contributed by atoms with E-state index in [2.05, 4.69) is 25.6 Å². The molecular weight excluding hydrogens is 356 g/mol. The van der Waals surface area contributed by atoms with Crippen LogP contribution in [0.2, 0.25) is 0 Å². The minimum atomic E-state index is -0.546. The molecule has 1 atom stereocenters. The van der Waals surface area contributed by atoms with Crippen molar-refractivity contribution in [1.82, 2.24) is 25.0 Å². The lowest BCUT2D eigenvalue weighted by atomic mass is 10.1. The molecule has 0 aliphatic carbocycles. The first-order valence-electron chi connectivity index (χ1n) is 8.86. The van der Waals surface area contributed by atoms with E-state index in [4.69, 9.17) is 4.74 Å². The molecule has 2 aromatic heterocycles. The predicted molar refractivity (Wildman–Crippen MR) is 106 cm³/mol. The monoisotopic (exact) mass is 376 g/mol. The molecule has 8 nitrogen and oxygen atoms in total. The second-order valence-electron chi connectivity index (χ2n) is 6.43. The molecule has 8 heteroatoms. The molecule has 0 fully saturated rings. The Hall–Kier alpha value is -3.36. The van der Waals surface area contributed by atoms with Crippen molar-refractivity contribution in [3.63, 3.8) is 0 Å². The number of aliphatic hydroxyl groups excluding tert-OH is 1. The molecule has 4 rings (SSSR count). The highest BCUT2D eigenvalue weighted by atomic mass is 16.5. The van der Waals surface area contributed by atoms with Crippen LogP contribution in [-0.4, -0.2) is 37.2 Å². The van der Waals surface area contributed by atoms with Crippen LogP contribution >= 0.6 is 0 Å². The Kier molecular flexibility index (Phi) is 4.96. The molecule has 0 amide bonds. The van der Waals surface area contributed by atoms with Gasteiger partial charge in [0.05, 0.1) is 24.6 Å². The first kappa shape index (κ1) is 18.0. The molecule has 2 N–H and O–H groups in total. The van der Waals surface area contributed by atoms with Gasteiger partial charge in [-0.3, -0.25) is 0 Å². The summed E-state index contributed by atoms with van der Waals surface area (Å²) in [6.45, 7) is 2.24. The minimum Gasteiger partial charge on any atom is -0.389 e. The van der Waals surface area contributed by atoms with Crippen LogP contribution < -0.4 is 5.32 Å². The third kappa shape index (κ3) is 3.68. The van der Waals surface area contributed by atoms with Gasteiger partial charge in [0.1, 0.15) is 0 Å². The van der Waals surface area contributed by atoms with Crippen LogP contribution in [0.5, 0.6) is 0 Å². The molecule has 0 spiro atoms. The number of aliphatic hydroxyl groups is 1. The van der Waals surface area contributed by atoms with Crippen LogP contribution in [0.3, 0.4) is 0 Å². The van der Waals surface area contributed by atoms with Crippen LogP contribution in [0.15, 0.2) is 54.7 Å². The van der Waals surface area contributed by atoms with E-state index in [-0.39, 0.29) is 0 Å². The van der Waals surface area contributed by atoms with Crippen molar-refractivity contribution in [3.05, 3.63) is 65.9 Å². The fourth-order valence-electron chi connectivity index (χ4n) is 2.91. The number of rotatable bonds is 6. The topological polar surface area (TPSA) is 98.0 Å². The maximum Gasteiger partial charge on any atom is 0.229 e. The van der Waals surface area contributed by atoms with Crippen molar-refractivity contribution >= 4 is 22.8 Å². The Morgan fingerprint density at radius 3 is 2.86 bits per heavy atom. The SMILES string of the molecule is COCc1cccc(-n2nnc3cnc(Nc4cccc(C(C)O)c4)nc32)c1. The number of hydrogen-bond donors (Lipinski definition) is 2. The lowest BCUT2D eigenvalue weighted by molar-refractivity contribution is 0.185. The van der Waals surface area contributed by atoms with Gasteiger partial charge in [-0.15, -0.1) is 5.10 Å². The number of anilines is 2. The lowest BCUT2D eigenvalue weighted by Crippen LogP contribution is -2.02. The molecule has 0 saturated carbocycles. The number of ether oxygens (including phenoxy) is 1. The Bertz CT molecular complexity index is 1110. The normalized spacial score (nSPS) is 12.2. The molecule has 0 bridgehead atoms. The molecule has 2 heterocycles. The maximum atomic E-state index is 9.76. The number of methoxy groups -OCH3 is 1. The van der Waals surface area contributed by atoms with Gasteiger partial charge in [-0.05, 0) is 42.3 Å². The van der Waals surface area contributed by atoms with Crippen molar-refractivity contribution in [1.29, 1.82) is 0 Å². The summed E-state index contributed by atoms with van der Waals surface area (Å²) in [5, 5.41) is 21.3. The van der Waals surface area contributed by atoms with Gasteiger partial charge in [-0.1, -0.05) is 29.5 Å². The van der Waals surface area contributed by atoms with Gasteiger partial charge < -0.3 is 15.2 Å². The van der Waals surface area contributed by atoms with E-state index >= 15 is 0 Å². The Morgan fingerprint density at radius 2 is 2.04 bits per heavy atom. The highest BCUT2D eigenvalue weighted by Crippen LogP contribution is 2.21. The van der Waals surface area contributed by atoms with E-state index in [1.54, 1.807) is 24.9 Å². The van der Waals surface area contributed by atoms with Crippen molar-refractivity contribution in [2.75, 3.05) is 12.4 Å². The van der Waals surface area contributed by atoms with Crippen LogP contribution in [-0.2, 0) is 11.3 Å². The summed E-state index contributed by atoms with van der Waals surface area (Å²) in [7, 11) is 1.66. The van der Waals surface area contributed by atoms with Crippen LogP contribution in [0.4, 0.5) is 11.6 Å². The average Bonchev–Trinajstić information content (AvgIpc) is 3.12. The van der Waals surface area contributed by atoms with Crippen LogP contribution in [0.1, 0.15) is 24.2 Å². The van der Waals surface area contributed by atoms with Gasteiger partial charge in [-0.2, -0.15) is 9.67 Å². The van der Waals surface area contributed by atoms with Gasteiger partial charge in [0.25, 0.3) is 0 Å². The van der Waals surface area contributed by atoms with Crippen LogP contribution in [0.25, 0.3) is 16.9 Å². The molecule has 4 aromatic rings. The molecule has 0 aliphatic heterocycles. The summed E-state index contributed by atoms with van der Waals surface area (Å²) in [5.41, 5.74) is 4.68. The van der Waals surface area contributed by atoms with E-state index in [9.17, 15) is 5.11 Å². The summed E-state index contributed by atoms with van der Waals surface area (Å²) in [5.74, 6) is 0.423. The van der Waals surface area contributed by atoms with E-state index in [1.165, 1.54) is 0 Å². The second-order valence-corrected chi connectivity index (χ2v) is 6.43. The van der Waals surface area contributed by atoms with Gasteiger partial charge in [-0.25, -0.2) is 4.98 Å². The summed E-state index contributed by atoms with van der Waals surface area (Å²) in [4.78, 5) is 8.89. The molecular formula is C20H20N6O2. The zero-order valence-electron chi connectivity index (χ0n) is 15.6. The van der Waals surface area contributed by atoms with Crippen molar-refractivity contribution in [2.45, 2.75) is 19.6 Å². The third-order valence-corrected chi connectivity index (χ3v) is 4.28. The smallest absolute Gasteiger partial charge is 0.229 e. The van der Waals surface area contributed by atoms with E-state index < -0.39 is 6.10 Å². The van der Waals surface area contributed by atoms with Gasteiger partial charge in [0, 0.05) is 12.8 Å².